The lowest BCUT2D eigenvalue weighted by atomic mass is 10.0. The second-order valence-corrected chi connectivity index (χ2v) is 14.2. The number of methoxy groups -OCH3 is 1. The van der Waals surface area contributed by atoms with Crippen LogP contribution in [0.15, 0.2) is 48.0 Å². The van der Waals surface area contributed by atoms with E-state index in [2.05, 4.69) is 26.7 Å². The monoisotopic (exact) mass is 672 g/mol. The summed E-state index contributed by atoms with van der Waals surface area (Å²) in [6, 6.07) is 5.68. The number of carbonyl (C=O) groups excluding carboxylic acids is 4. The van der Waals surface area contributed by atoms with Crippen molar-refractivity contribution < 1.29 is 28.7 Å². The van der Waals surface area contributed by atoms with Gasteiger partial charge in [0.2, 0.25) is 23.6 Å². The number of pyridine rings is 1. The van der Waals surface area contributed by atoms with Crippen LogP contribution in [0.4, 0.5) is 0 Å². The fourth-order valence-corrected chi connectivity index (χ4v) is 7.60. The summed E-state index contributed by atoms with van der Waals surface area (Å²) in [7, 11) is 1.31. The molecule has 4 aliphatic rings. The number of esters is 1. The highest BCUT2D eigenvalue weighted by Crippen LogP contribution is 2.46. The standard InChI is InChI=1S/C35H40N6O6S/c1-46-34(45)35-19-22(35)9-5-3-2-4-6-11-26(37-28(42)17-21-12-13-21)33(44)41-20-23(18-27(41)31(43)40-35)47-32-29-24(14-16-48-29)38-30(39-32)25-10-7-8-15-36-25/h5,7-10,14-16,21-23,26-27H,2-4,6,11-13,17-20H2,1H3,(H,37,42)(H,40,43)/b9-5-/t22-,23-,26+,27+,35-/m1/s1. The molecular formula is C35H40N6O6S. The van der Waals surface area contributed by atoms with Crippen molar-refractivity contribution in [3.8, 4) is 17.4 Å². The van der Waals surface area contributed by atoms with E-state index in [1.165, 1.54) is 23.3 Å². The minimum Gasteiger partial charge on any atom is -0.471 e. The normalized spacial score (nSPS) is 28.3. The number of nitrogens with zero attached hydrogens (tertiary/aromatic N) is 4. The third-order valence-electron chi connectivity index (χ3n) is 9.74. The van der Waals surface area contributed by atoms with E-state index in [0.29, 0.717) is 48.1 Å². The highest BCUT2D eigenvalue weighted by Gasteiger charge is 2.62. The molecular weight excluding hydrogens is 632 g/mol. The van der Waals surface area contributed by atoms with Gasteiger partial charge in [-0.1, -0.05) is 31.1 Å². The Hall–Kier alpha value is -4.39. The van der Waals surface area contributed by atoms with E-state index in [-0.39, 0.29) is 30.7 Å². The molecule has 3 amide bonds. The summed E-state index contributed by atoms with van der Waals surface area (Å²) in [5.41, 5.74) is 0.121. The molecule has 3 aromatic rings. The van der Waals surface area contributed by atoms with Crippen molar-refractivity contribution in [3.05, 3.63) is 48.0 Å². The molecule has 252 valence electrons. The first kappa shape index (κ1) is 32.2. The van der Waals surface area contributed by atoms with Crippen molar-refractivity contribution in [2.75, 3.05) is 13.7 Å². The van der Waals surface area contributed by atoms with Crippen LogP contribution in [-0.2, 0) is 23.9 Å². The van der Waals surface area contributed by atoms with Crippen LogP contribution in [0.1, 0.15) is 64.2 Å². The molecule has 2 N–H and O–H groups in total. The molecule has 3 aromatic heterocycles. The molecule has 5 atom stereocenters. The summed E-state index contributed by atoms with van der Waals surface area (Å²) in [6.07, 6.45) is 12.0. The van der Waals surface area contributed by atoms with E-state index in [0.717, 1.165) is 43.2 Å². The predicted molar refractivity (Wildman–Crippen MR) is 178 cm³/mol. The highest BCUT2D eigenvalue weighted by molar-refractivity contribution is 7.17. The number of carbonyl (C=O) groups is 4. The van der Waals surface area contributed by atoms with Crippen LogP contribution in [0.3, 0.4) is 0 Å². The fourth-order valence-electron chi connectivity index (χ4n) is 6.84. The average molecular weight is 673 g/mol. The van der Waals surface area contributed by atoms with Crippen molar-refractivity contribution >= 4 is 45.2 Å². The number of hydrogen-bond donors (Lipinski definition) is 2. The zero-order chi connectivity index (χ0) is 33.3. The Balaban J connectivity index is 1.19. The summed E-state index contributed by atoms with van der Waals surface area (Å²) in [4.78, 5) is 69.8. The Bertz CT molecular complexity index is 1730. The van der Waals surface area contributed by atoms with Gasteiger partial charge in [-0.15, -0.1) is 11.3 Å². The van der Waals surface area contributed by atoms with Crippen molar-refractivity contribution in [2.45, 2.75) is 87.9 Å². The second kappa shape index (κ2) is 13.6. The molecule has 0 spiro atoms. The van der Waals surface area contributed by atoms with Crippen LogP contribution in [0.5, 0.6) is 5.88 Å². The summed E-state index contributed by atoms with van der Waals surface area (Å²) in [5.74, 6) is -0.484. The number of thiophene rings is 1. The number of ether oxygens (including phenoxy) is 2. The molecule has 7 rings (SSSR count). The first-order chi connectivity index (χ1) is 23.3. The molecule has 0 aromatic carbocycles. The molecule has 48 heavy (non-hydrogen) atoms. The molecule has 3 fully saturated rings. The van der Waals surface area contributed by atoms with Crippen molar-refractivity contribution in [1.82, 2.24) is 30.5 Å². The van der Waals surface area contributed by atoms with E-state index in [9.17, 15) is 19.2 Å². The Kier molecular flexibility index (Phi) is 9.13. The first-order valence-electron chi connectivity index (χ1n) is 16.8. The van der Waals surface area contributed by atoms with Gasteiger partial charge < -0.3 is 25.0 Å². The lowest BCUT2D eigenvalue weighted by Crippen LogP contribution is -2.56. The Morgan fingerprint density at radius 3 is 2.79 bits per heavy atom. The molecule has 5 heterocycles. The quantitative estimate of drug-likeness (QED) is 0.281. The second-order valence-electron chi connectivity index (χ2n) is 13.3. The summed E-state index contributed by atoms with van der Waals surface area (Å²) >= 11 is 1.44. The molecule has 1 saturated heterocycles. The lowest BCUT2D eigenvalue weighted by molar-refractivity contribution is -0.148. The number of nitrogens with one attached hydrogen (secondary N) is 2. The van der Waals surface area contributed by atoms with Crippen molar-refractivity contribution in [3.63, 3.8) is 0 Å². The number of hydrogen-bond acceptors (Lipinski definition) is 10. The fraction of sp³-hybridized carbons (Fsp3) is 0.514. The molecule has 2 saturated carbocycles. The van der Waals surface area contributed by atoms with Gasteiger partial charge in [-0.05, 0) is 68.0 Å². The third kappa shape index (κ3) is 6.78. The van der Waals surface area contributed by atoms with Gasteiger partial charge in [0.05, 0.1) is 19.2 Å². The molecule has 0 unspecified atom stereocenters. The van der Waals surface area contributed by atoms with Gasteiger partial charge in [0.1, 0.15) is 34.1 Å². The largest absolute Gasteiger partial charge is 0.471 e. The highest BCUT2D eigenvalue weighted by atomic mass is 32.1. The summed E-state index contributed by atoms with van der Waals surface area (Å²) in [6.45, 7) is 0.107. The Morgan fingerprint density at radius 2 is 2.00 bits per heavy atom. The molecule has 0 radical (unpaired) electrons. The summed E-state index contributed by atoms with van der Waals surface area (Å²) < 4.78 is 12.4. The van der Waals surface area contributed by atoms with Crippen molar-refractivity contribution in [1.29, 1.82) is 0 Å². The van der Waals surface area contributed by atoms with Gasteiger partial charge in [-0.2, -0.15) is 4.98 Å². The van der Waals surface area contributed by atoms with Gasteiger partial charge in [0.15, 0.2) is 5.82 Å². The first-order valence-corrected chi connectivity index (χ1v) is 17.7. The minimum absolute atomic E-state index is 0.107. The SMILES string of the molecule is COC(=O)[C@@]12C[C@H]1/C=C\CCCCC[C@H](NC(=O)CC1CC1)C(=O)N1C[C@H](Oc3nc(-c4ccccn4)nc4ccsc34)C[C@H]1C(=O)N2. The van der Waals surface area contributed by atoms with Gasteiger partial charge in [-0.25, -0.2) is 9.78 Å². The third-order valence-corrected chi connectivity index (χ3v) is 10.6. The maximum atomic E-state index is 14.4. The van der Waals surface area contributed by atoms with Gasteiger partial charge in [0, 0.05) is 25.0 Å². The number of fused-ring (bicyclic) bond motifs is 3. The smallest absolute Gasteiger partial charge is 0.332 e. The van der Waals surface area contributed by atoms with Crippen molar-refractivity contribution in [2.24, 2.45) is 11.8 Å². The van der Waals surface area contributed by atoms with E-state index in [4.69, 9.17) is 14.5 Å². The molecule has 2 aliphatic carbocycles. The van der Waals surface area contributed by atoms with Crippen LogP contribution in [0.25, 0.3) is 21.7 Å². The molecule has 2 aliphatic heterocycles. The van der Waals surface area contributed by atoms with Crippen LogP contribution >= 0.6 is 11.3 Å². The zero-order valence-corrected chi connectivity index (χ0v) is 27.7. The minimum atomic E-state index is -1.18. The number of aromatic nitrogens is 3. The van der Waals surface area contributed by atoms with Crippen LogP contribution in [-0.4, -0.2) is 80.9 Å². The zero-order valence-electron chi connectivity index (χ0n) is 26.9. The van der Waals surface area contributed by atoms with Crippen LogP contribution < -0.4 is 15.4 Å². The van der Waals surface area contributed by atoms with E-state index in [1.54, 1.807) is 6.20 Å². The summed E-state index contributed by atoms with van der Waals surface area (Å²) in [5, 5.41) is 7.89. The molecule has 12 nitrogen and oxygen atoms in total. The van der Waals surface area contributed by atoms with Gasteiger partial charge in [0.25, 0.3) is 0 Å². The maximum absolute atomic E-state index is 14.4. The number of rotatable bonds is 7. The number of allylic oxidation sites excluding steroid dienone is 1. The van der Waals surface area contributed by atoms with Crippen LogP contribution in [0, 0.1) is 11.8 Å². The topological polar surface area (TPSA) is 153 Å². The van der Waals surface area contributed by atoms with E-state index >= 15 is 0 Å². The molecule has 13 heteroatoms. The Labute approximate surface area is 282 Å². The lowest BCUT2D eigenvalue weighted by Gasteiger charge is -2.29. The van der Waals surface area contributed by atoms with E-state index < -0.39 is 35.6 Å². The average Bonchev–Trinajstić information content (AvgIpc) is 3.92. The van der Waals surface area contributed by atoms with Gasteiger partial charge in [-0.3, -0.25) is 19.4 Å². The van der Waals surface area contributed by atoms with Crippen LogP contribution in [0.2, 0.25) is 0 Å². The van der Waals surface area contributed by atoms with E-state index in [1.807, 2.05) is 35.7 Å². The number of amides is 3. The maximum Gasteiger partial charge on any atom is 0.332 e. The van der Waals surface area contributed by atoms with Gasteiger partial charge >= 0.3 is 5.97 Å². The molecule has 0 bridgehead atoms. The Morgan fingerprint density at radius 1 is 1.12 bits per heavy atom. The predicted octanol–water partition coefficient (Wildman–Crippen LogP) is 3.95.